The molecular formula is C11H12F3NS. The topological polar surface area (TPSA) is 12.0 Å². The van der Waals surface area contributed by atoms with Crippen LogP contribution in [0.25, 0.3) is 0 Å². The van der Waals surface area contributed by atoms with E-state index in [1.165, 1.54) is 23.9 Å². The van der Waals surface area contributed by atoms with Crippen molar-refractivity contribution in [1.82, 2.24) is 5.32 Å². The number of hydrogen-bond donors (Lipinski definition) is 1. The molecule has 0 aromatic heterocycles. The summed E-state index contributed by atoms with van der Waals surface area (Å²) in [7, 11) is 1.85. The second kappa shape index (κ2) is 4.30. The van der Waals surface area contributed by atoms with Crippen LogP contribution in [-0.2, 0) is 12.6 Å². The zero-order chi connectivity index (χ0) is 11.8. The highest BCUT2D eigenvalue weighted by Crippen LogP contribution is 2.40. The zero-order valence-corrected chi connectivity index (χ0v) is 9.58. The van der Waals surface area contributed by atoms with Gasteiger partial charge >= 0.3 is 6.18 Å². The van der Waals surface area contributed by atoms with Gasteiger partial charge in [-0.05, 0) is 31.2 Å². The Morgan fingerprint density at radius 2 is 2.19 bits per heavy atom. The number of hydrogen-bond acceptors (Lipinski definition) is 2. The standard InChI is InChI=1S/C11H12F3NS/c1-15-6-9-4-7-2-3-8(11(12,13)14)5-10(7)16-9/h2-3,5,9,15H,4,6H2,1H3. The van der Waals surface area contributed by atoms with E-state index in [2.05, 4.69) is 5.32 Å². The highest BCUT2D eigenvalue weighted by Gasteiger charge is 2.32. The Bertz CT molecular complexity index is 389. The van der Waals surface area contributed by atoms with Gasteiger partial charge in [-0.25, -0.2) is 0 Å². The van der Waals surface area contributed by atoms with Gasteiger partial charge in [0.05, 0.1) is 5.56 Å². The second-order valence-electron chi connectivity index (χ2n) is 3.82. The third-order valence-electron chi connectivity index (χ3n) is 2.57. The molecule has 0 saturated carbocycles. The Morgan fingerprint density at radius 3 is 2.81 bits per heavy atom. The fraction of sp³-hybridized carbons (Fsp3) is 0.455. The highest BCUT2D eigenvalue weighted by molar-refractivity contribution is 8.00. The molecule has 88 valence electrons. The van der Waals surface area contributed by atoms with Crippen molar-refractivity contribution in [1.29, 1.82) is 0 Å². The van der Waals surface area contributed by atoms with Crippen LogP contribution in [0.3, 0.4) is 0 Å². The lowest BCUT2D eigenvalue weighted by Gasteiger charge is -2.07. The predicted molar refractivity (Wildman–Crippen MR) is 58.7 cm³/mol. The summed E-state index contributed by atoms with van der Waals surface area (Å²) in [6.45, 7) is 0.820. The summed E-state index contributed by atoms with van der Waals surface area (Å²) < 4.78 is 37.4. The first kappa shape index (κ1) is 11.8. The van der Waals surface area contributed by atoms with Crippen molar-refractivity contribution in [2.75, 3.05) is 13.6 Å². The summed E-state index contributed by atoms with van der Waals surface area (Å²) in [5, 5.41) is 3.40. The maximum absolute atomic E-state index is 12.5. The third-order valence-corrected chi connectivity index (χ3v) is 3.87. The van der Waals surface area contributed by atoms with Gasteiger partial charge in [0.25, 0.3) is 0 Å². The fourth-order valence-corrected chi connectivity index (χ4v) is 3.19. The summed E-state index contributed by atoms with van der Waals surface area (Å²) in [5.74, 6) is 0. The second-order valence-corrected chi connectivity index (χ2v) is 5.16. The molecule has 2 rings (SSSR count). The summed E-state index contributed by atoms with van der Waals surface area (Å²) in [6, 6.07) is 4.03. The van der Waals surface area contributed by atoms with Gasteiger partial charge in [-0.1, -0.05) is 6.07 Å². The Labute approximate surface area is 96.4 Å². The minimum atomic E-state index is -4.24. The predicted octanol–water partition coefficient (Wildman–Crippen LogP) is 2.94. The van der Waals surface area contributed by atoms with Gasteiger partial charge in [-0.3, -0.25) is 0 Å². The molecule has 1 aromatic carbocycles. The van der Waals surface area contributed by atoms with Gasteiger partial charge in [-0.2, -0.15) is 13.2 Å². The fourth-order valence-electron chi connectivity index (χ4n) is 1.82. The average molecular weight is 247 g/mol. The van der Waals surface area contributed by atoms with Gasteiger partial charge in [0.15, 0.2) is 0 Å². The van der Waals surface area contributed by atoms with Crippen LogP contribution < -0.4 is 5.32 Å². The first-order valence-electron chi connectivity index (χ1n) is 5.02. The van der Waals surface area contributed by atoms with Crippen molar-refractivity contribution in [3.05, 3.63) is 29.3 Å². The van der Waals surface area contributed by atoms with E-state index in [-0.39, 0.29) is 0 Å². The molecule has 0 bridgehead atoms. The Balaban J connectivity index is 2.21. The molecule has 1 unspecified atom stereocenters. The molecule has 0 radical (unpaired) electrons. The Hall–Kier alpha value is -0.680. The quantitative estimate of drug-likeness (QED) is 0.862. The SMILES string of the molecule is CNCC1Cc2ccc(C(F)(F)F)cc2S1. The van der Waals surface area contributed by atoms with Crippen molar-refractivity contribution in [2.24, 2.45) is 0 Å². The summed E-state index contributed by atoms with van der Waals surface area (Å²) in [5.41, 5.74) is 0.474. The van der Waals surface area contributed by atoms with Crippen LogP contribution in [0.2, 0.25) is 0 Å². The molecule has 16 heavy (non-hydrogen) atoms. The minimum Gasteiger partial charge on any atom is -0.319 e. The molecule has 1 heterocycles. The number of thioether (sulfide) groups is 1. The Kier molecular flexibility index (Phi) is 3.17. The summed E-state index contributed by atoms with van der Waals surface area (Å²) in [4.78, 5) is 0.773. The van der Waals surface area contributed by atoms with Crippen LogP contribution in [-0.4, -0.2) is 18.8 Å². The van der Waals surface area contributed by atoms with E-state index in [0.717, 1.165) is 23.4 Å². The number of benzene rings is 1. The van der Waals surface area contributed by atoms with Gasteiger partial charge in [0.2, 0.25) is 0 Å². The molecule has 0 amide bonds. The van der Waals surface area contributed by atoms with Crippen LogP contribution in [0.1, 0.15) is 11.1 Å². The van der Waals surface area contributed by atoms with Crippen molar-refractivity contribution < 1.29 is 13.2 Å². The van der Waals surface area contributed by atoms with E-state index in [1.807, 2.05) is 7.05 Å². The van der Waals surface area contributed by atoms with E-state index in [0.29, 0.717) is 5.25 Å². The lowest BCUT2D eigenvalue weighted by atomic mass is 10.1. The van der Waals surface area contributed by atoms with Crippen LogP contribution in [0.5, 0.6) is 0 Å². The lowest BCUT2D eigenvalue weighted by molar-refractivity contribution is -0.137. The average Bonchev–Trinajstić information content (AvgIpc) is 2.57. The minimum absolute atomic E-state index is 0.350. The molecular weight excluding hydrogens is 235 g/mol. The van der Waals surface area contributed by atoms with E-state index < -0.39 is 11.7 Å². The molecule has 0 saturated heterocycles. The molecule has 5 heteroatoms. The number of alkyl halides is 3. The van der Waals surface area contributed by atoms with E-state index in [4.69, 9.17) is 0 Å². The normalized spacial score (nSPS) is 19.9. The first-order chi connectivity index (χ1) is 7.50. The number of rotatable bonds is 2. The van der Waals surface area contributed by atoms with E-state index in [9.17, 15) is 13.2 Å². The van der Waals surface area contributed by atoms with Gasteiger partial charge in [0, 0.05) is 16.7 Å². The van der Waals surface area contributed by atoms with Crippen LogP contribution >= 0.6 is 11.8 Å². The van der Waals surface area contributed by atoms with Gasteiger partial charge in [0.1, 0.15) is 0 Å². The van der Waals surface area contributed by atoms with Crippen LogP contribution in [0.15, 0.2) is 23.1 Å². The molecule has 0 spiro atoms. The smallest absolute Gasteiger partial charge is 0.319 e. The largest absolute Gasteiger partial charge is 0.416 e. The van der Waals surface area contributed by atoms with E-state index in [1.54, 1.807) is 6.07 Å². The van der Waals surface area contributed by atoms with Crippen molar-refractivity contribution in [3.8, 4) is 0 Å². The number of halogens is 3. The first-order valence-corrected chi connectivity index (χ1v) is 5.90. The monoisotopic (exact) mass is 247 g/mol. The third kappa shape index (κ3) is 2.35. The van der Waals surface area contributed by atoms with Crippen molar-refractivity contribution >= 4 is 11.8 Å². The van der Waals surface area contributed by atoms with Crippen molar-refractivity contribution in [3.63, 3.8) is 0 Å². The molecule has 1 aliphatic rings. The maximum atomic E-state index is 12.5. The van der Waals surface area contributed by atoms with Crippen LogP contribution in [0.4, 0.5) is 13.2 Å². The lowest BCUT2D eigenvalue weighted by Crippen LogP contribution is -2.20. The van der Waals surface area contributed by atoms with Crippen molar-refractivity contribution in [2.45, 2.75) is 22.7 Å². The van der Waals surface area contributed by atoms with Gasteiger partial charge < -0.3 is 5.32 Å². The summed E-state index contributed by atoms with van der Waals surface area (Å²) >= 11 is 1.53. The molecule has 1 nitrogen and oxygen atoms in total. The van der Waals surface area contributed by atoms with E-state index >= 15 is 0 Å². The molecule has 1 N–H and O–H groups in total. The maximum Gasteiger partial charge on any atom is 0.416 e. The summed E-state index contributed by atoms with van der Waals surface area (Å²) in [6.07, 6.45) is -3.39. The molecule has 1 aliphatic heterocycles. The molecule has 0 fully saturated rings. The Morgan fingerprint density at radius 1 is 1.44 bits per heavy atom. The van der Waals surface area contributed by atoms with Crippen LogP contribution in [0, 0.1) is 0 Å². The van der Waals surface area contributed by atoms with Gasteiger partial charge in [-0.15, -0.1) is 11.8 Å². The highest BCUT2D eigenvalue weighted by atomic mass is 32.2. The number of nitrogens with one attached hydrogen (secondary N) is 1. The molecule has 0 aliphatic carbocycles. The number of fused-ring (bicyclic) bond motifs is 1. The zero-order valence-electron chi connectivity index (χ0n) is 8.77. The molecule has 1 atom stereocenters. The molecule has 1 aromatic rings.